The number of pyridine rings is 1. The third kappa shape index (κ3) is 3.72. The number of imidazole rings is 1. The highest BCUT2D eigenvalue weighted by Gasteiger charge is 2.30. The van der Waals surface area contributed by atoms with E-state index < -0.39 is 0 Å². The number of carbonyl (C=O) groups excluding carboxylic acids is 2. The van der Waals surface area contributed by atoms with Gasteiger partial charge in [0.2, 0.25) is 0 Å². The summed E-state index contributed by atoms with van der Waals surface area (Å²) in [5, 5.41) is 2.92. The van der Waals surface area contributed by atoms with Crippen LogP contribution in [-0.2, 0) is 19.5 Å². The number of hydrogen-bond donors (Lipinski definition) is 1. The molecule has 2 aromatic rings. The van der Waals surface area contributed by atoms with Gasteiger partial charge in [-0.3, -0.25) is 14.6 Å². The predicted molar refractivity (Wildman–Crippen MR) is 100 cm³/mol. The first kappa shape index (κ1) is 17.7. The fourth-order valence-electron chi connectivity index (χ4n) is 3.90. The number of nitrogens with zero attached hydrogens (tertiary/aromatic N) is 4. The summed E-state index contributed by atoms with van der Waals surface area (Å²) in [7, 11) is 0. The molecular formula is C20H25N5O2. The lowest BCUT2D eigenvalue weighted by molar-refractivity contribution is 0.0705. The van der Waals surface area contributed by atoms with Gasteiger partial charge in [-0.2, -0.15) is 0 Å². The van der Waals surface area contributed by atoms with E-state index in [1.54, 1.807) is 12.4 Å². The zero-order chi connectivity index (χ0) is 18.6. The number of hydrogen-bond acceptors (Lipinski definition) is 4. The van der Waals surface area contributed by atoms with Crippen LogP contribution < -0.4 is 5.32 Å². The van der Waals surface area contributed by atoms with Crippen molar-refractivity contribution in [3.05, 3.63) is 47.3 Å². The molecule has 2 aromatic heterocycles. The van der Waals surface area contributed by atoms with Crippen molar-refractivity contribution in [3.63, 3.8) is 0 Å². The van der Waals surface area contributed by atoms with Crippen LogP contribution >= 0.6 is 0 Å². The Kier molecular flexibility index (Phi) is 5.18. The van der Waals surface area contributed by atoms with Crippen molar-refractivity contribution in [1.29, 1.82) is 0 Å². The molecule has 2 aliphatic heterocycles. The summed E-state index contributed by atoms with van der Waals surface area (Å²) in [5.41, 5.74) is 2.23. The number of carbonyl (C=O) groups is 2. The lowest BCUT2D eigenvalue weighted by atomic mass is 10.1. The smallest absolute Gasteiger partial charge is 0.289 e. The van der Waals surface area contributed by atoms with E-state index in [-0.39, 0.29) is 11.8 Å². The number of piperidine rings is 1. The van der Waals surface area contributed by atoms with Crippen LogP contribution in [0.3, 0.4) is 0 Å². The SMILES string of the molecule is O=C(NCc1cccnc1)c1nc(C(=O)N2CCCCC2)n2c1CCCC2. The molecule has 7 heteroatoms. The van der Waals surface area contributed by atoms with E-state index in [0.717, 1.165) is 63.0 Å². The van der Waals surface area contributed by atoms with Crippen LogP contribution in [0.1, 0.15) is 64.5 Å². The van der Waals surface area contributed by atoms with E-state index in [2.05, 4.69) is 15.3 Å². The summed E-state index contributed by atoms with van der Waals surface area (Å²) in [6, 6.07) is 3.76. The molecule has 0 bridgehead atoms. The number of amides is 2. The maximum atomic E-state index is 13.0. The normalized spacial score (nSPS) is 16.7. The largest absolute Gasteiger partial charge is 0.347 e. The minimum atomic E-state index is -0.220. The Hall–Kier alpha value is -2.70. The fraction of sp³-hybridized carbons (Fsp3) is 0.500. The van der Waals surface area contributed by atoms with Crippen molar-refractivity contribution in [2.75, 3.05) is 13.1 Å². The van der Waals surface area contributed by atoms with Crippen molar-refractivity contribution >= 4 is 11.8 Å². The Morgan fingerprint density at radius 3 is 2.67 bits per heavy atom. The van der Waals surface area contributed by atoms with Crippen LogP contribution in [-0.4, -0.2) is 44.3 Å². The Bertz CT molecular complexity index is 824. The standard InChI is InChI=1S/C20H25N5O2/c26-19(22-14-15-7-6-9-21-13-15)17-16-8-2-5-12-25(16)18(23-17)20(27)24-10-3-1-4-11-24/h6-7,9,13H,1-5,8,10-12,14H2,(H,22,26). The van der Waals surface area contributed by atoms with E-state index in [1.165, 1.54) is 6.42 Å². The van der Waals surface area contributed by atoms with Gasteiger partial charge in [-0.1, -0.05) is 6.07 Å². The van der Waals surface area contributed by atoms with Gasteiger partial charge in [-0.15, -0.1) is 0 Å². The molecule has 4 rings (SSSR count). The highest BCUT2D eigenvalue weighted by atomic mass is 16.2. The number of aromatic nitrogens is 3. The number of likely N-dealkylation sites (tertiary alicyclic amines) is 1. The van der Waals surface area contributed by atoms with Gasteiger partial charge in [-0.05, 0) is 50.2 Å². The zero-order valence-corrected chi connectivity index (χ0v) is 15.5. The molecule has 0 radical (unpaired) electrons. The summed E-state index contributed by atoms with van der Waals surface area (Å²) >= 11 is 0. The summed E-state index contributed by atoms with van der Waals surface area (Å²) < 4.78 is 1.97. The molecule has 0 aromatic carbocycles. The topological polar surface area (TPSA) is 80.1 Å². The van der Waals surface area contributed by atoms with Crippen LogP contribution in [0.5, 0.6) is 0 Å². The van der Waals surface area contributed by atoms with Gasteiger partial charge < -0.3 is 14.8 Å². The van der Waals surface area contributed by atoms with E-state index in [4.69, 9.17) is 0 Å². The maximum absolute atomic E-state index is 13.0. The van der Waals surface area contributed by atoms with Crippen molar-refractivity contribution < 1.29 is 9.59 Å². The molecule has 27 heavy (non-hydrogen) atoms. The first-order valence-electron chi connectivity index (χ1n) is 9.80. The van der Waals surface area contributed by atoms with Gasteiger partial charge in [0.25, 0.3) is 11.8 Å². The highest BCUT2D eigenvalue weighted by Crippen LogP contribution is 2.23. The molecule has 2 amide bonds. The van der Waals surface area contributed by atoms with Crippen LogP contribution in [0.15, 0.2) is 24.5 Å². The molecular weight excluding hydrogens is 342 g/mol. The second-order valence-corrected chi connectivity index (χ2v) is 7.24. The van der Waals surface area contributed by atoms with Crippen LogP contribution in [0, 0.1) is 0 Å². The van der Waals surface area contributed by atoms with Crippen LogP contribution in [0.4, 0.5) is 0 Å². The molecule has 1 saturated heterocycles. The molecule has 0 unspecified atom stereocenters. The van der Waals surface area contributed by atoms with Crippen molar-refractivity contribution in [2.24, 2.45) is 0 Å². The monoisotopic (exact) mass is 367 g/mol. The molecule has 142 valence electrons. The highest BCUT2D eigenvalue weighted by molar-refractivity contribution is 5.97. The van der Waals surface area contributed by atoms with E-state index in [1.807, 2.05) is 21.6 Å². The van der Waals surface area contributed by atoms with Crippen LogP contribution in [0.2, 0.25) is 0 Å². The molecule has 0 aliphatic carbocycles. The molecule has 1 fully saturated rings. The van der Waals surface area contributed by atoms with Crippen LogP contribution in [0.25, 0.3) is 0 Å². The molecule has 0 atom stereocenters. The van der Waals surface area contributed by atoms with E-state index in [0.29, 0.717) is 18.1 Å². The lowest BCUT2D eigenvalue weighted by Crippen LogP contribution is -2.37. The van der Waals surface area contributed by atoms with Gasteiger partial charge in [0.05, 0.1) is 5.69 Å². The first-order valence-corrected chi connectivity index (χ1v) is 9.80. The summed E-state index contributed by atoms with van der Waals surface area (Å²) in [4.78, 5) is 36.2. The zero-order valence-electron chi connectivity index (χ0n) is 15.5. The molecule has 2 aliphatic rings. The second kappa shape index (κ2) is 7.90. The third-order valence-electron chi connectivity index (χ3n) is 5.34. The minimum Gasteiger partial charge on any atom is -0.347 e. The Morgan fingerprint density at radius 1 is 1.07 bits per heavy atom. The first-order chi connectivity index (χ1) is 13.2. The van der Waals surface area contributed by atoms with Gasteiger partial charge in [0.15, 0.2) is 5.82 Å². The van der Waals surface area contributed by atoms with Crippen molar-refractivity contribution in [2.45, 2.75) is 51.6 Å². The predicted octanol–water partition coefficient (Wildman–Crippen LogP) is 2.17. The fourth-order valence-corrected chi connectivity index (χ4v) is 3.90. The molecule has 7 nitrogen and oxygen atoms in total. The van der Waals surface area contributed by atoms with E-state index in [9.17, 15) is 9.59 Å². The molecule has 0 saturated carbocycles. The summed E-state index contributed by atoms with van der Waals surface area (Å²) in [6.45, 7) is 2.72. The summed E-state index contributed by atoms with van der Waals surface area (Å²) in [6.07, 6.45) is 9.51. The van der Waals surface area contributed by atoms with Crippen molar-refractivity contribution in [3.8, 4) is 0 Å². The van der Waals surface area contributed by atoms with E-state index >= 15 is 0 Å². The average Bonchev–Trinajstić information content (AvgIpc) is 3.13. The lowest BCUT2D eigenvalue weighted by Gasteiger charge is -2.27. The summed E-state index contributed by atoms with van der Waals surface area (Å²) in [5.74, 6) is 0.171. The number of fused-ring (bicyclic) bond motifs is 1. The van der Waals surface area contributed by atoms with Crippen molar-refractivity contribution in [1.82, 2.24) is 24.8 Å². The third-order valence-corrected chi connectivity index (χ3v) is 5.34. The van der Waals surface area contributed by atoms with Gasteiger partial charge >= 0.3 is 0 Å². The minimum absolute atomic E-state index is 0.0378. The number of rotatable bonds is 4. The molecule has 1 N–H and O–H groups in total. The van der Waals surface area contributed by atoms with Gasteiger partial charge in [0.1, 0.15) is 5.69 Å². The Balaban J connectivity index is 1.56. The Morgan fingerprint density at radius 2 is 1.89 bits per heavy atom. The number of nitrogens with one attached hydrogen (secondary N) is 1. The van der Waals surface area contributed by atoms with Gasteiger partial charge in [0, 0.05) is 38.6 Å². The molecule has 4 heterocycles. The Labute approximate surface area is 158 Å². The average molecular weight is 367 g/mol. The quantitative estimate of drug-likeness (QED) is 0.898. The van der Waals surface area contributed by atoms with Gasteiger partial charge in [-0.25, -0.2) is 4.98 Å². The molecule has 0 spiro atoms. The maximum Gasteiger partial charge on any atom is 0.289 e. The second-order valence-electron chi connectivity index (χ2n) is 7.24.